The Morgan fingerprint density at radius 3 is 2.30 bits per heavy atom. The molecular weight excluding hydrogens is 318 g/mol. The predicted octanol–water partition coefficient (Wildman–Crippen LogP) is -0.140. The fourth-order valence-electron chi connectivity index (χ4n) is 3.36. The molecule has 0 bridgehead atoms. The highest BCUT2D eigenvalue weighted by Crippen LogP contribution is 2.28. The van der Waals surface area contributed by atoms with Crippen LogP contribution in [0.2, 0.25) is 0 Å². The van der Waals surface area contributed by atoms with Crippen molar-refractivity contribution in [3.8, 4) is 0 Å². The Kier molecular flexibility index (Phi) is 3.87. The number of rotatable bonds is 1. The molecule has 2 amide bonds. The maximum Gasteiger partial charge on any atom is 0.255 e. The Bertz CT molecular complexity index is 744. The molecule has 1 aromatic rings. The van der Waals surface area contributed by atoms with E-state index in [0.717, 1.165) is 5.69 Å². The van der Waals surface area contributed by atoms with Crippen molar-refractivity contribution in [2.45, 2.75) is 25.9 Å². The molecule has 0 radical (unpaired) electrons. The number of piperazine rings is 1. The molecule has 3 heterocycles. The minimum atomic E-state index is -3.25. The monoisotopic (exact) mass is 337 g/mol. The Balaban J connectivity index is 1.90. The zero-order valence-corrected chi connectivity index (χ0v) is 13.9. The Morgan fingerprint density at radius 1 is 1.13 bits per heavy atom. The molecule has 1 aromatic heterocycles. The molecule has 2 saturated heterocycles. The van der Waals surface area contributed by atoms with Crippen molar-refractivity contribution < 1.29 is 18.0 Å². The van der Waals surface area contributed by atoms with E-state index in [4.69, 9.17) is 0 Å². The zero-order valence-electron chi connectivity index (χ0n) is 13.1. The van der Waals surface area contributed by atoms with E-state index < -0.39 is 21.9 Å². The molecule has 124 valence electrons. The molecule has 0 aliphatic carbocycles. The summed E-state index contributed by atoms with van der Waals surface area (Å²) in [5, 5.41) is 0. The van der Waals surface area contributed by atoms with Crippen molar-refractivity contribution in [2.24, 2.45) is 0 Å². The number of aryl methyl sites for hydroxylation is 1. The fraction of sp³-hybridized carbons (Fsp3) is 0.533. The highest BCUT2D eigenvalue weighted by atomic mass is 32.2. The van der Waals surface area contributed by atoms with E-state index in [1.54, 1.807) is 21.9 Å². The van der Waals surface area contributed by atoms with Crippen molar-refractivity contribution in [2.75, 3.05) is 24.6 Å². The third kappa shape index (κ3) is 2.95. The van der Waals surface area contributed by atoms with Crippen LogP contribution >= 0.6 is 0 Å². The molecule has 2 atom stereocenters. The summed E-state index contributed by atoms with van der Waals surface area (Å²) < 4.78 is 24.1. The van der Waals surface area contributed by atoms with Gasteiger partial charge in [-0.2, -0.15) is 0 Å². The van der Waals surface area contributed by atoms with Gasteiger partial charge in [-0.05, 0) is 19.1 Å². The standard InChI is InChI=1S/C15H19N3O4S/c1-10-3-4-12(7-16-10)15(20)18-6-5-17(11(2)19)13-8-23(21,22)9-14(13)18/h3-4,7,13-14H,5-6,8-9H2,1-2H3/t13-,14+/m1/s1. The predicted molar refractivity (Wildman–Crippen MR) is 83.6 cm³/mol. The Morgan fingerprint density at radius 2 is 1.74 bits per heavy atom. The summed E-state index contributed by atoms with van der Waals surface area (Å²) in [6.45, 7) is 3.96. The SMILES string of the molecule is CC(=O)N1CCN(C(=O)c2ccc(C)nc2)[C@H]2CS(=O)(=O)C[C@H]21. The highest BCUT2D eigenvalue weighted by Gasteiger charge is 2.48. The van der Waals surface area contributed by atoms with E-state index in [1.165, 1.54) is 13.1 Å². The number of pyridine rings is 1. The van der Waals surface area contributed by atoms with E-state index in [1.807, 2.05) is 6.92 Å². The number of amides is 2. The third-order valence-electron chi connectivity index (χ3n) is 4.50. The second-order valence-corrected chi connectivity index (χ2v) is 8.26. The summed E-state index contributed by atoms with van der Waals surface area (Å²) in [5.41, 5.74) is 1.25. The van der Waals surface area contributed by atoms with Crippen molar-refractivity contribution >= 4 is 21.7 Å². The molecule has 2 aliphatic rings. The molecule has 3 rings (SSSR count). The lowest BCUT2D eigenvalue weighted by Crippen LogP contribution is -2.61. The fourth-order valence-corrected chi connectivity index (χ4v) is 5.34. The minimum absolute atomic E-state index is 0.0762. The van der Waals surface area contributed by atoms with Crippen LogP contribution in [0, 0.1) is 6.92 Å². The van der Waals surface area contributed by atoms with E-state index >= 15 is 0 Å². The molecule has 8 heteroatoms. The first-order valence-corrected chi connectivity index (χ1v) is 9.32. The van der Waals surface area contributed by atoms with Crippen LogP contribution in [0.25, 0.3) is 0 Å². The van der Waals surface area contributed by atoms with Crippen LogP contribution in [0.15, 0.2) is 18.3 Å². The van der Waals surface area contributed by atoms with Gasteiger partial charge in [0.25, 0.3) is 5.91 Å². The van der Waals surface area contributed by atoms with Crippen molar-refractivity contribution in [1.29, 1.82) is 0 Å². The highest BCUT2D eigenvalue weighted by molar-refractivity contribution is 7.91. The molecule has 0 unspecified atom stereocenters. The van der Waals surface area contributed by atoms with Crippen LogP contribution in [0.5, 0.6) is 0 Å². The van der Waals surface area contributed by atoms with E-state index in [0.29, 0.717) is 18.7 Å². The second-order valence-electron chi connectivity index (χ2n) is 6.11. The molecule has 0 spiro atoms. The maximum absolute atomic E-state index is 12.7. The zero-order chi connectivity index (χ0) is 16.8. The summed E-state index contributed by atoms with van der Waals surface area (Å²) in [7, 11) is -3.25. The maximum atomic E-state index is 12.7. The number of aromatic nitrogens is 1. The summed E-state index contributed by atoms with van der Waals surface area (Å²) in [5.74, 6) is -0.548. The average molecular weight is 337 g/mol. The average Bonchev–Trinajstić information content (AvgIpc) is 2.80. The van der Waals surface area contributed by atoms with Crippen molar-refractivity contribution in [3.63, 3.8) is 0 Å². The molecule has 2 fully saturated rings. The second kappa shape index (κ2) is 5.59. The minimum Gasteiger partial charge on any atom is -0.335 e. The summed E-state index contributed by atoms with van der Waals surface area (Å²) in [6, 6.07) is 2.52. The lowest BCUT2D eigenvalue weighted by Gasteiger charge is -2.43. The lowest BCUT2D eigenvalue weighted by molar-refractivity contribution is -0.133. The van der Waals surface area contributed by atoms with Gasteiger partial charge in [0.2, 0.25) is 5.91 Å². The normalized spacial score (nSPS) is 26.0. The molecule has 0 aromatic carbocycles. The van der Waals surface area contributed by atoms with Crippen molar-refractivity contribution in [3.05, 3.63) is 29.6 Å². The topological polar surface area (TPSA) is 87.7 Å². The molecular formula is C15H19N3O4S. The van der Waals surface area contributed by atoms with Gasteiger partial charge in [0, 0.05) is 31.9 Å². The number of fused-ring (bicyclic) bond motifs is 1. The number of carbonyl (C=O) groups excluding carboxylic acids is 2. The summed E-state index contributed by atoms with van der Waals surface area (Å²) in [6.07, 6.45) is 1.51. The number of nitrogens with zero attached hydrogens (tertiary/aromatic N) is 3. The van der Waals surface area contributed by atoms with Gasteiger partial charge in [0.05, 0.1) is 29.2 Å². The van der Waals surface area contributed by atoms with Gasteiger partial charge in [-0.3, -0.25) is 14.6 Å². The van der Waals surface area contributed by atoms with Gasteiger partial charge in [-0.15, -0.1) is 0 Å². The molecule has 0 N–H and O–H groups in total. The lowest BCUT2D eigenvalue weighted by atomic mass is 10.0. The Hall–Kier alpha value is -1.96. The first-order valence-electron chi connectivity index (χ1n) is 7.50. The number of carbonyl (C=O) groups is 2. The van der Waals surface area contributed by atoms with Gasteiger partial charge in [0.15, 0.2) is 9.84 Å². The summed E-state index contributed by atoms with van der Waals surface area (Å²) in [4.78, 5) is 31.8. The van der Waals surface area contributed by atoms with Gasteiger partial charge >= 0.3 is 0 Å². The van der Waals surface area contributed by atoms with E-state index in [-0.39, 0.29) is 23.3 Å². The number of sulfone groups is 1. The Labute approximate surface area is 135 Å². The summed E-state index contributed by atoms with van der Waals surface area (Å²) >= 11 is 0. The molecule has 2 aliphatic heterocycles. The van der Waals surface area contributed by atoms with Crippen molar-refractivity contribution in [1.82, 2.24) is 14.8 Å². The van der Waals surface area contributed by atoms with Crippen LogP contribution in [-0.4, -0.2) is 71.7 Å². The van der Waals surface area contributed by atoms with Gasteiger partial charge in [-0.25, -0.2) is 8.42 Å². The third-order valence-corrected chi connectivity index (χ3v) is 6.20. The smallest absolute Gasteiger partial charge is 0.255 e. The van der Waals surface area contributed by atoms with Crippen LogP contribution in [0.4, 0.5) is 0 Å². The number of hydrogen-bond donors (Lipinski definition) is 0. The van der Waals surface area contributed by atoms with Gasteiger partial charge in [-0.1, -0.05) is 0 Å². The van der Waals surface area contributed by atoms with E-state index in [2.05, 4.69) is 4.98 Å². The van der Waals surface area contributed by atoms with Crippen LogP contribution < -0.4 is 0 Å². The van der Waals surface area contributed by atoms with Gasteiger partial charge < -0.3 is 9.80 Å². The van der Waals surface area contributed by atoms with Crippen LogP contribution in [-0.2, 0) is 14.6 Å². The van der Waals surface area contributed by atoms with Crippen LogP contribution in [0.3, 0.4) is 0 Å². The molecule has 23 heavy (non-hydrogen) atoms. The van der Waals surface area contributed by atoms with Crippen LogP contribution in [0.1, 0.15) is 23.0 Å². The molecule has 7 nitrogen and oxygen atoms in total. The first kappa shape index (κ1) is 15.9. The largest absolute Gasteiger partial charge is 0.335 e. The molecule has 0 saturated carbocycles. The van der Waals surface area contributed by atoms with Gasteiger partial charge in [0.1, 0.15) is 0 Å². The quantitative estimate of drug-likeness (QED) is 0.712. The first-order chi connectivity index (χ1) is 10.8. The van der Waals surface area contributed by atoms with E-state index in [9.17, 15) is 18.0 Å². The number of hydrogen-bond acceptors (Lipinski definition) is 5.